The first kappa shape index (κ1) is 20.5. The highest BCUT2D eigenvalue weighted by Crippen LogP contribution is 2.32. The van der Waals surface area contributed by atoms with Crippen LogP contribution in [0.1, 0.15) is 32.6 Å². The van der Waals surface area contributed by atoms with Crippen molar-refractivity contribution in [1.29, 1.82) is 0 Å². The van der Waals surface area contributed by atoms with Crippen LogP contribution < -0.4 is 20.3 Å². The summed E-state index contributed by atoms with van der Waals surface area (Å²) in [5.41, 5.74) is 3.25. The normalized spacial score (nSPS) is 24.5. The van der Waals surface area contributed by atoms with Crippen LogP contribution in [-0.4, -0.2) is 61.5 Å². The molecule has 2 saturated heterocycles. The van der Waals surface area contributed by atoms with Gasteiger partial charge in [-0.3, -0.25) is 0 Å². The average molecular weight is 424 g/mol. The van der Waals surface area contributed by atoms with Crippen molar-refractivity contribution in [1.82, 2.24) is 15.3 Å². The molecule has 0 atom stereocenters. The molecule has 1 aliphatic carbocycles. The first-order valence-corrected chi connectivity index (χ1v) is 11.7. The molecule has 3 heterocycles. The molecule has 3 aliphatic rings. The summed E-state index contributed by atoms with van der Waals surface area (Å²) in [6.07, 6.45) is 6.97. The summed E-state index contributed by atoms with van der Waals surface area (Å²) < 4.78 is 11.7. The summed E-state index contributed by atoms with van der Waals surface area (Å²) in [6.45, 7) is 7.52. The number of benzene rings is 1. The van der Waals surface area contributed by atoms with Crippen LogP contribution in [0, 0.1) is 5.92 Å². The highest BCUT2D eigenvalue weighted by Gasteiger charge is 2.23. The van der Waals surface area contributed by atoms with Crippen molar-refractivity contribution >= 4 is 11.6 Å². The second-order valence-electron chi connectivity index (χ2n) is 9.06. The fourth-order valence-electron chi connectivity index (χ4n) is 4.49. The number of anilines is 2. The molecule has 1 aromatic heterocycles. The fourth-order valence-corrected chi connectivity index (χ4v) is 4.49. The zero-order valence-corrected chi connectivity index (χ0v) is 18.3. The second kappa shape index (κ2) is 9.40. The van der Waals surface area contributed by atoms with Gasteiger partial charge in [-0.05, 0) is 49.3 Å². The lowest BCUT2D eigenvalue weighted by atomic mass is 9.87. The van der Waals surface area contributed by atoms with Gasteiger partial charge in [0, 0.05) is 44.1 Å². The van der Waals surface area contributed by atoms with Crippen molar-refractivity contribution in [3.8, 4) is 17.0 Å². The topological polar surface area (TPSA) is 71.5 Å². The van der Waals surface area contributed by atoms with Gasteiger partial charge in [-0.2, -0.15) is 4.98 Å². The fraction of sp³-hybridized carbons (Fsp3) is 0.583. The molecule has 7 nitrogen and oxygen atoms in total. The van der Waals surface area contributed by atoms with Gasteiger partial charge in [0.1, 0.15) is 6.10 Å². The first-order valence-electron chi connectivity index (χ1n) is 11.7. The lowest BCUT2D eigenvalue weighted by Crippen LogP contribution is -2.50. The van der Waals surface area contributed by atoms with Crippen LogP contribution in [0.4, 0.5) is 11.6 Å². The lowest BCUT2D eigenvalue weighted by Gasteiger charge is -2.30. The molecule has 2 N–H and O–H groups in total. The van der Waals surface area contributed by atoms with Crippen molar-refractivity contribution in [2.45, 2.75) is 44.8 Å². The molecule has 0 amide bonds. The van der Waals surface area contributed by atoms with Gasteiger partial charge in [0.2, 0.25) is 11.8 Å². The number of ether oxygens (including phenoxy) is 2. The summed E-state index contributed by atoms with van der Waals surface area (Å²) in [5, 5.41) is 6.81. The molecule has 166 valence electrons. The monoisotopic (exact) mass is 423 g/mol. The van der Waals surface area contributed by atoms with E-state index < -0.39 is 0 Å². The van der Waals surface area contributed by atoms with Crippen LogP contribution in [0.2, 0.25) is 0 Å². The molecule has 1 aromatic carbocycles. The Hall–Kier alpha value is -2.38. The Kier molecular flexibility index (Phi) is 6.22. The van der Waals surface area contributed by atoms with Gasteiger partial charge in [0.25, 0.3) is 0 Å². The molecule has 5 rings (SSSR count). The molecule has 7 heteroatoms. The van der Waals surface area contributed by atoms with E-state index in [1.54, 1.807) is 0 Å². The molecule has 0 spiro atoms. The molecular formula is C24H33N5O2. The molecule has 0 bridgehead atoms. The van der Waals surface area contributed by atoms with Crippen LogP contribution in [0.5, 0.6) is 5.88 Å². The summed E-state index contributed by atoms with van der Waals surface area (Å²) in [6, 6.07) is 9.08. The van der Waals surface area contributed by atoms with E-state index in [1.165, 1.54) is 31.4 Å². The number of nitrogens with zero attached hydrogens (tertiary/aromatic N) is 3. The summed E-state index contributed by atoms with van der Waals surface area (Å²) >= 11 is 0. The van der Waals surface area contributed by atoms with E-state index in [0.717, 1.165) is 56.4 Å². The molecule has 31 heavy (non-hydrogen) atoms. The predicted molar refractivity (Wildman–Crippen MR) is 123 cm³/mol. The van der Waals surface area contributed by atoms with Gasteiger partial charge in [0.15, 0.2) is 0 Å². The maximum Gasteiger partial charge on any atom is 0.226 e. The SMILES string of the molecule is CC1CCC(Nc2ncc(-c3ccc(N4CCOCC4)cc3)c(OC3CNC3)n2)CC1. The van der Waals surface area contributed by atoms with Gasteiger partial charge in [-0.25, -0.2) is 4.98 Å². The van der Waals surface area contributed by atoms with E-state index in [-0.39, 0.29) is 6.10 Å². The van der Waals surface area contributed by atoms with Gasteiger partial charge in [-0.1, -0.05) is 19.1 Å². The highest BCUT2D eigenvalue weighted by molar-refractivity contribution is 5.70. The van der Waals surface area contributed by atoms with Crippen molar-refractivity contribution in [2.75, 3.05) is 49.6 Å². The minimum atomic E-state index is 0.171. The quantitative estimate of drug-likeness (QED) is 0.738. The van der Waals surface area contributed by atoms with E-state index in [2.05, 4.69) is 51.7 Å². The third-order valence-electron chi connectivity index (χ3n) is 6.68. The maximum atomic E-state index is 6.25. The van der Waals surface area contributed by atoms with Crippen LogP contribution in [0.25, 0.3) is 11.1 Å². The third-order valence-corrected chi connectivity index (χ3v) is 6.68. The Morgan fingerprint density at radius 1 is 1.06 bits per heavy atom. The summed E-state index contributed by atoms with van der Waals surface area (Å²) in [4.78, 5) is 11.8. The molecule has 2 aromatic rings. The van der Waals surface area contributed by atoms with Gasteiger partial charge in [0.05, 0.1) is 18.8 Å². The molecule has 1 saturated carbocycles. The number of rotatable bonds is 6. The molecule has 0 unspecified atom stereocenters. The first-order chi connectivity index (χ1) is 15.2. The average Bonchev–Trinajstić information content (AvgIpc) is 2.79. The Bertz CT molecular complexity index is 857. The molecular weight excluding hydrogens is 390 g/mol. The van der Waals surface area contributed by atoms with E-state index >= 15 is 0 Å². The second-order valence-corrected chi connectivity index (χ2v) is 9.06. The van der Waals surface area contributed by atoms with Gasteiger partial charge < -0.3 is 25.0 Å². The van der Waals surface area contributed by atoms with Crippen molar-refractivity contribution < 1.29 is 9.47 Å². The predicted octanol–water partition coefficient (Wildman–Crippen LogP) is 3.32. The van der Waals surface area contributed by atoms with E-state index in [1.807, 2.05) is 6.20 Å². The number of nitrogens with one attached hydrogen (secondary N) is 2. The van der Waals surface area contributed by atoms with Crippen LogP contribution >= 0.6 is 0 Å². The number of hydrogen-bond donors (Lipinski definition) is 2. The van der Waals surface area contributed by atoms with Crippen molar-refractivity contribution in [2.24, 2.45) is 5.92 Å². The van der Waals surface area contributed by atoms with Gasteiger partial charge >= 0.3 is 0 Å². The van der Waals surface area contributed by atoms with Gasteiger partial charge in [-0.15, -0.1) is 0 Å². The van der Waals surface area contributed by atoms with Crippen molar-refractivity contribution in [3.63, 3.8) is 0 Å². The van der Waals surface area contributed by atoms with E-state index in [9.17, 15) is 0 Å². The Balaban J connectivity index is 1.35. The minimum Gasteiger partial charge on any atom is -0.471 e. The number of aromatic nitrogens is 2. The molecule has 2 aliphatic heterocycles. The lowest BCUT2D eigenvalue weighted by molar-refractivity contribution is 0.122. The smallest absolute Gasteiger partial charge is 0.226 e. The largest absolute Gasteiger partial charge is 0.471 e. The minimum absolute atomic E-state index is 0.171. The summed E-state index contributed by atoms with van der Waals surface area (Å²) in [7, 11) is 0. The van der Waals surface area contributed by atoms with Crippen LogP contribution in [0.15, 0.2) is 30.5 Å². The zero-order valence-electron chi connectivity index (χ0n) is 18.3. The molecule has 3 fully saturated rings. The Morgan fingerprint density at radius 2 is 1.81 bits per heavy atom. The third kappa shape index (κ3) is 4.93. The number of morpholine rings is 1. The number of hydrogen-bond acceptors (Lipinski definition) is 7. The summed E-state index contributed by atoms with van der Waals surface area (Å²) in [5.74, 6) is 2.18. The van der Waals surface area contributed by atoms with E-state index in [4.69, 9.17) is 14.5 Å². The maximum absolute atomic E-state index is 6.25. The van der Waals surface area contributed by atoms with Crippen LogP contribution in [0.3, 0.4) is 0 Å². The van der Waals surface area contributed by atoms with Crippen molar-refractivity contribution in [3.05, 3.63) is 30.5 Å². The highest BCUT2D eigenvalue weighted by atomic mass is 16.5. The standard InChI is InChI=1S/C24H33N5O2/c1-17-2-6-19(7-3-17)27-24-26-16-22(23(28-24)31-21-14-25-15-21)18-4-8-20(9-5-18)29-10-12-30-13-11-29/h4-5,8-9,16-17,19,21,25H,2-3,6-7,10-15H2,1H3,(H,26,27,28). The Labute approximate surface area is 184 Å². The van der Waals surface area contributed by atoms with Crippen LogP contribution in [-0.2, 0) is 4.74 Å². The molecule has 0 radical (unpaired) electrons. The zero-order chi connectivity index (χ0) is 21.0. The van der Waals surface area contributed by atoms with E-state index in [0.29, 0.717) is 17.9 Å². The Morgan fingerprint density at radius 3 is 2.48 bits per heavy atom.